The SMILES string of the molecule is OC(CCCN1CCCCC1)c1ccc(F)cc1. The van der Waals surface area contributed by atoms with E-state index in [1.165, 1.54) is 44.5 Å². The van der Waals surface area contributed by atoms with Crippen LogP contribution in [0.4, 0.5) is 4.39 Å². The molecule has 2 nitrogen and oxygen atoms in total. The van der Waals surface area contributed by atoms with Crippen molar-refractivity contribution in [2.24, 2.45) is 0 Å². The minimum absolute atomic E-state index is 0.251. The maximum Gasteiger partial charge on any atom is 0.123 e. The molecule has 1 fully saturated rings. The standard InChI is InChI=1S/C15H22FNO/c16-14-8-6-13(7-9-14)15(18)5-4-12-17-10-2-1-3-11-17/h6-9,15,18H,1-5,10-12H2. The summed E-state index contributed by atoms with van der Waals surface area (Å²) in [6, 6.07) is 6.15. The Bertz CT molecular complexity index is 346. The molecule has 0 bridgehead atoms. The second kappa shape index (κ2) is 6.86. The van der Waals surface area contributed by atoms with E-state index in [2.05, 4.69) is 4.90 Å². The summed E-state index contributed by atoms with van der Waals surface area (Å²) in [6.07, 6.45) is 5.26. The Hall–Kier alpha value is -0.930. The van der Waals surface area contributed by atoms with Gasteiger partial charge in [-0.1, -0.05) is 18.6 Å². The number of aliphatic hydroxyl groups excluding tert-OH is 1. The van der Waals surface area contributed by atoms with E-state index in [-0.39, 0.29) is 5.82 Å². The van der Waals surface area contributed by atoms with E-state index < -0.39 is 6.10 Å². The van der Waals surface area contributed by atoms with Crippen molar-refractivity contribution in [3.8, 4) is 0 Å². The molecule has 1 heterocycles. The fraction of sp³-hybridized carbons (Fsp3) is 0.600. The van der Waals surface area contributed by atoms with E-state index in [0.717, 1.165) is 24.9 Å². The van der Waals surface area contributed by atoms with Gasteiger partial charge in [0.25, 0.3) is 0 Å². The first-order chi connectivity index (χ1) is 8.75. The number of hydrogen-bond acceptors (Lipinski definition) is 2. The second-order valence-corrected chi connectivity index (χ2v) is 5.11. The van der Waals surface area contributed by atoms with E-state index in [9.17, 15) is 9.50 Å². The van der Waals surface area contributed by atoms with Gasteiger partial charge in [0.2, 0.25) is 0 Å². The Morgan fingerprint density at radius 2 is 1.78 bits per heavy atom. The molecule has 1 atom stereocenters. The predicted octanol–water partition coefficient (Wildman–Crippen LogP) is 3.13. The Kier molecular flexibility index (Phi) is 5.14. The zero-order valence-electron chi connectivity index (χ0n) is 10.8. The Morgan fingerprint density at radius 1 is 1.11 bits per heavy atom. The molecular weight excluding hydrogens is 229 g/mol. The van der Waals surface area contributed by atoms with Gasteiger partial charge in [-0.3, -0.25) is 0 Å². The van der Waals surface area contributed by atoms with Crippen molar-refractivity contribution in [1.82, 2.24) is 4.90 Å². The van der Waals surface area contributed by atoms with E-state index >= 15 is 0 Å². The van der Waals surface area contributed by atoms with Crippen molar-refractivity contribution >= 4 is 0 Å². The van der Waals surface area contributed by atoms with E-state index in [4.69, 9.17) is 0 Å². The molecular formula is C15H22FNO. The van der Waals surface area contributed by atoms with Crippen molar-refractivity contribution in [3.63, 3.8) is 0 Å². The van der Waals surface area contributed by atoms with E-state index in [0.29, 0.717) is 0 Å². The topological polar surface area (TPSA) is 23.5 Å². The summed E-state index contributed by atoms with van der Waals surface area (Å²) >= 11 is 0. The highest BCUT2D eigenvalue weighted by molar-refractivity contribution is 5.18. The summed E-state index contributed by atoms with van der Waals surface area (Å²) in [5.74, 6) is -0.251. The number of hydrogen-bond donors (Lipinski definition) is 1. The monoisotopic (exact) mass is 251 g/mol. The molecule has 0 amide bonds. The molecule has 0 aromatic heterocycles. The number of halogens is 1. The van der Waals surface area contributed by atoms with Crippen LogP contribution in [-0.2, 0) is 0 Å². The third-order valence-electron chi connectivity index (χ3n) is 3.66. The van der Waals surface area contributed by atoms with Gasteiger partial charge in [0.05, 0.1) is 6.10 Å². The first-order valence-electron chi connectivity index (χ1n) is 6.91. The Balaban J connectivity index is 1.70. The van der Waals surface area contributed by atoms with Crippen molar-refractivity contribution in [1.29, 1.82) is 0 Å². The maximum absolute atomic E-state index is 12.8. The van der Waals surface area contributed by atoms with Crippen LogP contribution in [0.25, 0.3) is 0 Å². The lowest BCUT2D eigenvalue weighted by Gasteiger charge is -2.26. The van der Waals surface area contributed by atoms with Crippen LogP contribution in [-0.4, -0.2) is 29.6 Å². The number of benzene rings is 1. The summed E-state index contributed by atoms with van der Waals surface area (Å²) in [6.45, 7) is 3.47. The Morgan fingerprint density at radius 3 is 2.44 bits per heavy atom. The smallest absolute Gasteiger partial charge is 0.123 e. The quantitative estimate of drug-likeness (QED) is 0.869. The average Bonchev–Trinajstić information content (AvgIpc) is 2.40. The maximum atomic E-state index is 12.8. The number of aliphatic hydroxyl groups is 1. The van der Waals surface area contributed by atoms with Crippen LogP contribution in [0.3, 0.4) is 0 Å². The lowest BCUT2D eigenvalue weighted by atomic mass is 10.0. The van der Waals surface area contributed by atoms with Gasteiger partial charge in [0.1, 0.15) is 5.82 Å². The van der Waals surface area contributed by atoms with E-state index in [1.807, 2.05) is 0 Å². The zero-order valence-corrected chi connectivity index (χ0v) is 10.8. The summed E-state index contributed by atoms with van der Waals surface area (Å²) in [5.41, 5.74) is 0.815. The van der Waals surface area contributed by atoms with Crippen LogP contribution >= 0.6 is 0 Å². The van der Waals surface area contributed by atoms with Crippen LogP contribution < -0.4 is 0 Å². The molecule has 0 aliphatic carbocycles. The largest absolute Gasteiger partial charge is 0.388 e. The van der Waals surface area contributed by atoms with Gasteiger partial charge in [-0.05, 0) is 63.0 Å². The molecule has 0 saturated carbocycles. The molecule has 1 aliphatic rings. The van der Waals surface area contributed by atoms with Gasteiger partial charge in [-0.15, -0.1) is 0 Å². The van der Waals surface area contributed by atoms with E-state index in [1.54, 1.807) is 12.1 Å². The molecule has 1 aromatic carbocycles. The second-order valence-electron chi connectivity index (χ2n) is 5.11. The highest BCUT2D eigenvalue weighted by Gasteiger charge is 2.11. The van der Waals surface area contributed by atoms with Crippen molar-refractivity contribution in [2.45, 2.75) is 38.2 Å². The fourth-order valence-corrected chi connectivity index (χ4v) is 2.54. The molecule has 3 heteroatoms. The molecule has 100 valence electrons. The number of likely N-dealkylation sites (tertiary alicyclic amines) is 1. The van der Waals surface area contributed by atoms with Crippen molar-refractivity contribution in [2.75, 3.05) is 19.6 Å². The molecule has 1 unspecified atom stereocenters. The van der Waals surface area contributed by atoms with Crippen molar-refractivity contribution in [3.05, 3.63) is 35.6 Å². The number of rotatable bonds is 5. The van der Waals surface area contributed by atoms with Gasteiger partial charge in [0.15, 0.2) is 0 Å². The molecule has 1 aliphatic heterocycles. The lowest BCUT2D eigenvalue weighted by molar-refractivity contribution is 0.151. The van der Waals surface area contributed by atoms with Gasteiger partial charge < -0.3 is 10.0 Å². The summed E-state index contributed by atoms with van der Waals surface area (Å²) < 4.78 is 12.8. The summed E-state index contributed by atoms with van der Waals surface area (Å²) in [4.78, 5) is 2.47. The molecule has 18 heavy (non-hydrogen) atoms. The highest BCUT2D eigenvalue weighted by Crippen LogP contribution is 2.19. The molecule has 2 rings (SSSR count). The summed E-state index contributed by atoms with van der Waals surface area (Å²) in [5, 5.41) is 10.00. The normalized spacial score (nSPS) is 18.8. The van der Waals surface area contributed by atoms with Crippen LogP contribution in [0, 0.1) is 5.82 Å². The molecule has 1 N–H and O–H groups in total. The zero-order chi connectivity index (χ0) is 12.8. The Labute approximate surface area is 108 Å². The molecule has 1 saturated heterocycles. The third-order valence-corrected chi connectivity index (χ3v) is 3.66. The van der Waals surface area contributed by atoms with Crippen LogP contribution in [0.5, 0.6) is 0 Å². The summed E-state index contributed by atoms with van der Waals surface area (Å²) in [7, 11) is 0. The van der Waals surface area contributed by atoms with Gasteiger partial charge in [-0.2, -0.15) is 0 Å². The van der Waals surface area contributed by atoms with Crippen LogP contribution in [0.2, 0.25) is 0 Å². The number of piperidine rings is 1. The first kappa shape index (κ1) is 13.5. The molecule has 1 aromatic rings. The van der Waals surface area contributed by atoms with Gasteiger partial charge in [0, 0.05) is 0 Å². The van der Waals surface area contributed by atoms with Gasteiger partial charge >= 0.3 is 0 Å². The number of nitrogens with zero attached hydrogens (tertiary/aromatic N) is 1. The van der Waals surface area contributed by atoms with Gasteiger partial charge in [-0.25, -0.2) is 4.39 Å². The van der Waals surface area contributed by atoms with Crippen LogP contribution in [0.1, 0.15) is 43.8 Å². The van der Waals surface area contributed by atoms with Crippen molar-refractivity contribution < 1.29 is 9.50 Å². The van der Waals surface area contributed by atoms with Crippen LogP contribution in [0.15, 0.2) is 24.3 Å². The lowest BCUT2D eigenvalue weighted by Crippen LogP contribution is -2.30. The highest BCUT2D eigenvalue weighted by atomic mass is 19.1. The molecule has 0 spiro atoms. The predicted molar refractivity (Wildman–Crippen MR) is 70.9 cm³/mol. The minimum atomic E-state index is -0.463. The third kappa shape index (κ3) is 4.07. The first-order valence-corrected chi connectivity index (χ1v) is 6.91. The minimum Gasteiger partial charge on any atom is -0.388 e. The molecule has 0 radical (unpaired) electrons. The average molecular weight is 251 g/mol. The fourth-order valence-electron chi connectivity index (χ4n) is 2.54.